The van der Waals surface area contributed by atoms with Crippen molar-refractivity contribution in [3.63, 3.8) is 0 Å². The van der Waals surface area contributed by atoms with Crippen LogP contribution in [0.2, 0.25) is 0 Å². The van der Waals surface area contributed by atoms with Gasteiger partial charge in [0.05, 0.1) is 12.2 Å². The number of carbonyl (C=O) groups excluding carboxylic acids is 1. The van der Waals surface area contributed by atoms with Crippen molar-refractivity contribution >= 4 is 23.6 Å². The zero-order valence-corrected chi connectivity index (χ0v) is 11.8. The van der Waals surface area contributed by atoms with Crippen molar-refractivity contribution in [1.29, 1.82) is 0 Å². The maximum absolute atomic E-state index is 11.7. The predicted octanol–water partition coefficient (Wildman–Crippen LogP) is 2.29. The maximum atomic E-state index is 11.7. The zero-order valence-electron chi connectivity index (χ0n) is 11.0. The number of hydrogen-bond acceptors (Lipinski definition) is 3. The van der Waals surface area contributed by atoms with Crippen molar-refractivity contribution < 1.29 is 14.7 Å². The lowest BCUT2D eigenvalue weighted by atomic mass is 10.1. The molecule has 0 fully saturated rings. The number of rotatable bonds is 8. The molecule has 0 heterocycles. The van der Waals surface area contributed by atoms with Gasteiger partial charge in [0, 0.05) is 11.8 Å². The minimum absolute atomic E-state index is 0.0222. The van der Waals surface area contributed by atoms with E-state index in [-0.39, 0.29) is 18.4 Å². The first-order valence-corrected chi connectivity index (χ1v) is 7.40. The number of amides is 1. The molecule has 5 heteroatoms. The van der Waals surface area contributed by atoms with Crippen molar-refractivity contribution in [2.24, 2.45) is 0 Å². The van der Waals surface area contributed by atoms with Gasteiger partial charge in [-0.2, -0.15) is 0 Å². The van der Waals surface area contributed by atoms with E-state index in [1.807, 2.05) is 37.3 Å². The number of nitrogens with one attached hydrogen (secondary N) is 1. The molecule has 0 aliphatic carbocycles. The number of hydrogen-bond donors (Lipinski definition) is 2. The fourth-order valence-electron chi connectivity index (χ4n) is 1.61. The van der Waals surface area contributed by atoms with Crippen molar-refractivity contribution in [2.45, 2.75) is 31.6 Å². The monoisotopic (exact) mass is 281 g/mol. The van der Waals surface area contributed by atoms with Gasteiger partial charge in [-0.3, -0.25) is 9.59 Å². The standard InChI is InChI=1S/C14H19NO3S/c1-2-12(8-14(17)18)15-13(16)10-19-9-11-6-4-3-5-7-11/h3-7,12H,2,8-10H2,1H3,(H,15,16)(H,17,18). The molecular formula is C14H19NO3S. The first-order chi connectivity index (χ1) is 9.11. The van der Waals surface area contributed by atoms with Crippen molar-refractivity contribution in [2.75, 3.05) is 5.75 Å². The first kappa shape index (κ1) is 15.6. The zero-order chi connectivity index (χ0) is 14.1. The summed E-state index contributed by atoms with van der Waals surface area (Å²) < 4.78 is 0. The molecule has 0 aliphatic heterocycles. The Hall–Kier alpha value is -1.49. The van der Waals surface area contributed by atoms with Crippen LogP contribution in [0, 0.1) is 0 Å². The highest BCUT2D eigenvalue weighted by molar-refractivity contribution is 7.99. The Morgan fingerprint density at radius 2 is 2.00 bits per heavy atom. The van der Waals surface area contributed by atoms with Crippen LogP contribution in [-0.4, -0.2) is 28.8 Å². The second-order valence-corrected chi connectivity index (χ2v) is 5.23. The normalized spacial score (nSPS) is 11.8. The molecule has 0 spiro atoms. The van der Waals surface area contributed by atoms with E-state index in [1.165, 1.54) is 17.3 Å². The van der Waals surface area contributed by atoms with E-state index in [4.69, 9.17) is 5.11 Å². The molecule has 1 aromatic rings. The largest absolute Gasteiger partial charge is 0.481 e. The van der Waals surface area contributed by atoms with Crippen LogP contribution in [0.15, 0.2) is 30.3 Å². The summed E-state index contributed by atoms with van der Waals surface area (Å²) >= 11 is 1.53. The molecule has 0 aliphatic rings. The third-order valence-corrected chi connectivity index (χ3v) is 3.63. The van der Waals surface area contributed by atoms with Gasteiger partial charge in [0.25, 0.3) is 0 Å². The van der Waals surface area contributed by atoms with Crippen LogP contribution >= 0.6 is 11.8 Å². The maximum Gasteiger partial charge on any atom is 0.305 e. The smallest absolute Gasteiger partial charge is 0.305 e. The van der Waals surface area contributed by atoms with Gasteiger partial charge in [0.15, 0.2) is 0 Å². The molecule has 1 rings (SSSR count). The third-order valence-electron chi connectivity index (χ3n) is 2.62. The Labute approximate surface area is 117 Å². The SMILES string of the molecule is CCC(CC(=O)O)NC(=O)CSCc1ccccc1. The number of benzene rings is 1. The quantitative estimate of drug-likeness (QED) is 0.767. The molecule has 2 N–H and O–H groups in total. The first-order valence-electron chi connectivity index (χ1n) is 6.24. The van der Waals surface area contributed by atoms with E-state index >= 15 is 0 Å². The fraction of sp³-hybridized carbons (Fsp3) is 0.429. The van der Waals surface area contributed by atoms with Gasteiger partial charge in [0.1, 0.15) is 0 Å². The second-order valence-electron chi connectivity index (χ2n) is 4.25. The van der Waals surface area contributed by atoms with Crippen molar-refractivity contribution in [3.05, 3.63) is 35.9 Å². The summed E-state index contributed by atoms with van der Waals surface area (Å²) in [5.74, 6) is 0.146. The molecule has 19 heavy (non-hydrogen) atoms. The molecule has 1 atom stereocenters. The number of carboxylic acids is 1. The molecular weight excluding hydrogens is 262 g/mol. The van der Waals surface area contributed by atoms with Crippen molar-refractivity contribution in [3.8, 4) is 0 Å². The van der Waals surface area contributed by atoms with Crippen LogP contribution in [0.5, 0.6) is 0 Å². The van der Waals surface area contributed by atoms with Gasteiger partial charge < -0.3 is 10.4 Å². The van der Waals surface area contributed by atoms with Crippen LogP contribution in [0.3, 0.4) is 0 Å². The molecule has 0 aromatic heterocycles. The number of carbonyl (C=O) groups is 2. The molecule has 1 aromatic carbocycles. The summed E-state index contributed by atoms with van der Waals surface area (Å²) in [5, 5.41) is 11.4. The van der Waals surface area contributed by atoms with Crippen LogP contribution < -0.4 is 5.32 Å². The molecule has 104 valence electrons. The minimum Gasteiger partial charge on any atom is -0.481 e. The van der Waals surface area contributed by atoms with E-state index in [0.717, 1.165) is 5.75 Å². The summed E-state index contributed by atoms with van der Waals surface area (Å²) in [5.41, 5.74) is 1.18. The van der Waals surface area contributed by atoms with Crippen LogP contribution in [0.1, 0.15) is 25.3 Å². The lowest BCUT2D eigenvalue weighted by molar-refractivity contribution is -0.137. The Morgan fingerprint density at radius 3 is 2.58 bits per heavy atom. The molecule has 0 saturated carbocycles. The highest BCUT2D eigenvalue weighted by atomic mass is 32.2. The van der Waals surface area contributed by atoms with Crippen LogP contribution in [0.4, 0.5) is 0 Å². The third kappa shape index (κ3) is 6.86. The Balaban J connectivity index is 2.25. The number of thioether (sulfide) groups is 1. The molecule has 1 amide bonds. The van der Waals surface area contributed by atoms with E-state index in [9.17, 15) is 9.59 Å². The molecule has 0 radical (unpaired) electrons. The highest BCUT2D eigenvalue weighted by Gasteiger charge is 2.13. The average molecular weight is 281 g/mol. The lowest BCUT2D eigenvalue weighted by Crippen LogP contribution is -2.37. The van der Waals surface area contributed by atoms with Gasteiger partial charge in [-0.15, -0.1) is 11.8 Å². The van der Waals surface area contributed by atoms with Gasteiger partial charge in [-0.1, -0.05) is 37.3 Å². The van der Waals surface area contributed by atoms with Gasteiger partial charge in [0.2, 0.25) is 5.91 Å². The Bertz CT molecular complexity index is 408. The Morgan fingerprint density at radius 1 is 1.32 bits per heavy atom. The summed E-state index contributed by atoms with van der Waals surface area (Å²) in [7, 11) is 0. The highest BCUT2D eigenvalue weighted by Crippen LogP contribution is 2.11. The van der Waals surface area contributed by atoms with Gasteiger partial charge >= 0.3 is 5.97 Å². The van der Waals surface area contributed by atoms with Gasteiger partial charge in [-0.05, 0) is 12.0 Å². The van der Waals surface area contributed by atoms with E-state index in [1.54, 1.807) is 0 Å². The van der Waals surface area contributed by atoms with E-state index in [2.05, 4.69) is 5.32 Å². The predicted molar refractivity (Wildman–Crippen MR) is 77.1 cm³/mol. The summed E-state index contributed by atoms with van der Waals surface area (Å²) in [6.45, 7) is 1.87. The summed E-state index contributed by atoms with van der Waals surface area (Å²) in [4.78, 5) is 22.3. The number of carboxylic acid groups (broad SMARTS) is 1. The Kier molecular flexibility index (Phi) is 7.03. The van der Waals surface area contributed by atoms with E-state index in [0.29, 0.717) is 12.2 Å². The number of aliphatic carboxylic acids is 1. The van der Waals surface area contributed by atoms with Crippen LogP contribution in [-0.2, 0) is 15.3 Å². The van der Waals surface area contributed by atoms with Gasteiger partial charge in [-0.25, -0.2) is 0 Å². The topological polar surface area (TPSA) is 66.4 Å². The summed E-state index contributed by atoms with van der Waals surface area (Å²) in [6, 6.07) is 9.65. The summed E-state index contributed by atoms with van der Waals surface area (Å²) in [6.07, 6.45) is 0.604. The minimum atomic E-state index is -0.885. The molecule has 0 saturated heterocycles. The molecule has 0 bridgehead atoms. The fourth-order valence-corrected chi connectivity index (χ4v) is 2.41. The lowest BCUT2D eigenvalue weighted by Gasteiger charge is -2.14. The second kappa shape index (κ2) is 8.58. The van der Waals surface area contributed by atoms with Crippen LogP contribution in [0.25, 0.3) is 0 Å². The van der Waals surface area contributed by atoms with Crippen molar-refractivity contribution in [1.82, 2.24) is 5.32 Å². The van der Waals surface area contributed by atoms with E-state index < -0.39 is 5.97 Å². The molecule has 4 nitrogen and oxygen atoms in total. The average Bonchev–Trinajstić information content (AvgIpc) is 2.38. The molecule has 1 unspecified atom stereocenters.